The fourth-order valence-electron chi connectivity index (χ4n) is 1.57. The van der Waals surface area contributed by atoms with Crippen LogP contribution in [0.5, 0.6) is 0 Å². The van der Waals surface area contributed by atoms with Crippen molar-refractivity contribution in [3.63, 3.8) is 0 Å². The molecule has 1 N–H and O–H groups in total. The normalized spacial score (nSPS) is 10.4. The number of anilines is 1. The Morgan fingerprint density at radius 2 is 2.32 bits per heavy atom. The first-order chi connectivity index (χ1) is 9.10. The lowest BCUT2D eigenvalue weighted by molar-refractivity contribution is -0.384. The highest BCUT2D eigenvalue weighted by atomic mass is 79.9. The average Bonchev–Trinajstić information content (AvgIpc) is 2.85. The van der Waals surface area contributed by atoms with E-state index in [0.29, 0.717) is 22.6 Å². The molecule has 0 aliphatic heterocycles. The van der Waals surface area contributed by atoms with Crippen molar-refractivity contribution in [2.45, 2.75) is 19.9 Å². The highest BCUT2D eigenvalue weighted by molar-refractivity contribution is 9.10. The van der Waals surface area contributed by atoms with Crippen molar-refractivity contribution in [1.82, 2.24) is 4.98 Å². The van der Waals surface area contributed by atoms with E-state index in [9.17, 15) is 10.1 Å². The minimum Gasteiger partial charge on any atom is -0.444 e. The summed E-state index contributed by atoms with van der Waals surface area (Å²) in [7, 11) is 0. The molecular formula is C12H12BrN3O3. The lowest BCUT2D eigenvalue weighted by Gasteiger charge is -2.05. The summed E-state index contributed by atoms with van der Waals surface area (Å²) >= 11 is 3.21. The van der Waals surface area contributed by atoms with Gasteiger partial charge in [-0.3, -0.25) is 10.1 Å². The third-order valence-electron chi connectivity index (χ3n) is 2.54. The standard InChI is InChI=1S/C12H12BrN3O3/c1-2-9-6-15-12(19-9)7-14-10-4-3-8(13)5-11(10)16(17)18/h3-6,14H,2,7H2,1H3. The van der Waals surface area contributed by atoms with Crippen LogP contribution in [-0.2, 0) is 13.0 Å². The molecule has 1 aromatic heterocycles. The summed E-state index contributed by atoms with van der Waals surface area (Å²) in [6, 6.07) is 4.84. The SMILES string of the molecule is CCc1cnc(CNc2ccc(Br)cc2[N+](=O)[O-])o1. The van der Waals surface area contributed by atoms with Gasteiger partial charge in [0.2, 0.25) is 5.89 Å². The highest BCUT2D eigenvalue weighted by Gasteiger charge is 2.14. The van der Waals surface area contributed by atoms with E-state index < -0.39 is 4.92 Å². The van der Waals surface area contributed by atoms with E-state index in [2.05, 4.69) is 26.2 Å². The lowest BCUT2D eigenvalue weighted by Crippen LogP contribution is -2.02. The molecular weight excluding hydrogens is 314 g/mol. The second kappa shape index (κ2) is 5.83. The lowest BCUT2D eigenvalue weighted by atomic mass is 10.2. The van der Waals surface area contributed by atoms with Crippen molar-refractivity contribution in [3.8, 4) is 0 Å². The largest absolute Gasteiger partial charge is 0.444 e. The molecule has 2 rings (SSSR count). The van der Waals surface area contributed by atoms with Crippen LogP contribution >= 0.6 is 15.9 Å². The molecule has 0 aliphatic rings. The van der Waals surface area contributed by atoms with Crippen LogP contribution in [0.3, 0.4) is 0 Å². The van der Waals surface area contributed by atoms with Crippen molar-refractivity contribution in [2.75, 3.05) is 5.32 Å². The summed E-state index contributed by atoms with van der Waals surface area (Å²) in [5.41, 5.74) is 0.445. The molecule has 0 atom stereocenters. The van der Waals surface area contributed by atoms with E-state index in [-0.39, 0.29) is 5.69 Å². The molecule has 6 nitrogen and oxygen atoms in total. The van der Waals surface area contributed by atoms with Gasteiger partial charge in [0, 0.05) is 17.0 Å². The van der Waals surface area contributed by atoms with E-state index in [1.165, 1.54) is 6.07 Å². The van der Waals surface area contributed by atoms with Crippen molar-refractivity contribution < 1.29 is 9.34 Å². The summed E-state index contributed by atoms with van der Waals surface area (Å²) in [5, 5.41) is 13.9. The number of halogens is 1. The van der Waals surface area contributed by atoms with E-state index in [1.54, 1.807) is 18.3 Å². The van der Waals surface area contributed by atoms with Gasteiger partial charge in [-0.1, -0.05) is 22.9 Å². The molecule has 0 radical (unpaired) electrons. The zero-order valence-electron chi connectivity index (χ0n) is 10.2. The Morgan fingerprint density at radius 3 is 2.95 bits per heavy atom. The molecule has 0 bridgehead atoms. The highest BCUT2D eigenvalue weighted by Crippen LogP contribution is 2.28. The summed E-state index contributed by atoms with van der Waals surface area (Å²) in [4.78, 5) is 14.6. The van der Waals surface area contributed by atoms with E-state index >= 15 is 0 Å². The number of nitrogens with one attached hydrogen (secondary N) is 1. The van der Waals surface area contributed by atoms with Gasteiger partial charge in [0.15, 0.2) is 0 Å². The van der Waals surface area contributed by atoms with E-state index in [1.807, 2.05) is 6.92 Å². The molecule has 0 saturated carbocycles. The first kappa shape index (κ1) is 13.5. The van der Waals surface area contributed by atoms with Crippen LogP contribution in [0, 0.1) is 10.1 Å². The Hall–Kier alpha value is -1.89. The summed E-state index contributed by atoms with van der Waals surface area (Å²) in [6.45, 7) is 2.28. The second-order valence-corrected chi connectivity index (χ2v) is 4.76. The van der Waals surface area contributed by atoms with Gasteiger partial charge in [0.05, 0.1) is 17.7 Å². The van der Waals surface area contributed by atoms with E-state index in [0.717, 1.165) is 12.2 Å². The summed E-state index contributed by atoms with van der Waals surface area (Å²) in [6.07, 6.45) is 2.43. The molecule has 7 heteroatoms. The van der Waals surface area contributed by atoms with E-state index in [4.69, 9.17) is 4.42 Å². The van der Waals surface area contributed by atoms with Crippen molar-refractivity contribution in [2.24, 2.45) is 0 Å². The molecule has 0 amide bonds. The molecule has 0 saturated heterocycles. The number of hydrogen-bond donors (Lipinski definition) is 1. The Balaban J connectivity index is 2.12. The zero-order chi connectivity index (χ0) is 13.8. The minimum absolute atomic E-state index is 0.0108. The third kappa shape index (κ3) is 3.31. The molecule has 1 aromatic carbocycles. The molecule has 100 valence electrons. The van der Waals surface area contributed by atoms with Gasteiger partial charge in [-0.15, -0.1) is 0 Å². The molecule has 0 spiro atoms. The molecule has 1 heterocycles. The van der Waals surface area contributed by atoms with Gasteiger partial charge < -0.3 is 9.73 Å². The number of aryl methyl sites for hydroxylation is 1. The third-order valence-corrected chi connectivity index (χ3v) is 3.03. The predicted octanol–water partition coefficient (Wildman–Crippen LogP) is 3.52. The number of rotatable bonds is 5. The van der Waals surface area contributed by atoms with Gasteiger partial charge in [0.1, 0.15) is 11.4 Å². The molecule has 0 fully saturated rings. The van der Waals surface area contributed by atoms with Crippen LogP contribution in [0.2, 0.25) is 0 Å². The first-order valence-electron chi connectivity index (χ1n) is 5.71. The zero-order valence-corrected chi connectivity index (χ0v) is 11.8. The van der Waals surface area contributed by atoms with Crippen LogP contribution in [0.4, 0.5) is 11.4 Å². The molecule has 0 aliphatic carbocycles. The van der Waals surface area contributed by atoms with Gasteiger partial charge in [-0.2, -0.15) is 0 Å². The maximum absolute atomic E-state index is 10.9. The summed E-state index contributed by atoms with van der Waals surface area (Å²) < 4.78 is 6.09. The fourth-order valence-corrected chi connectivity index (χ4v) is 1.92. The number of oxazole rings is 1. The summed E-state index contributed by atoms with van der Waals surface area (Å²) in [5.74, 6) is 1.30. The van der Waals surface area contributed by atoms with Crippen LogP contribution in [0.15, 0.2) is 33.3 Å². The number of hydrogen-bond acceptors (Lipinski definition) is 5. The topological polar surface area (TPSA) is 81.2 Å². The van der Waals surface area contributed by atoms with Gasteiger partial charge in [0.25, 0.3) is 5.69 Å². The minimum atomic E-state index is -0.430. The fraction of sp³-hybridized carbons (Fsp3) is 0.250. The van der Waals surface area contributed by atoms with Crippen LogP contribution in [-0.4, -0.2) is 9.91 Å². The Bertz CT molecular complexity index is 598. The van der Waals surface area contributed by atoms with Crippen molar-refractivity contribution >= 4 is 27.3 Å². The van der Waals surface area contributed by atoms with Gasteiger partial charge >= 0.3 is 0 Å². The molecule has 2 aromatic rings. The monoisotopic (exact) mass is 325 g/mol. The number of nitro benzene ring substituents is 1. The maximum atomic E-state index is 10.9. The van der Waals surface area contributed by atoms with Gasteiger partial charge in [-0.05, 0) is 12.1 Å². The predicted molar refractivity (Wildman–Crippen MR) is 74.0 cm³/mol. The number of nitrogens with zero attached hydrogens (tertiary/aromatic N) is 2. The quantitative estimate of drug-likeness (QED) is 0.671. The van der Waals surface area contributed by atoms with Crippen LogP contribution in [0.25, 0.3) is 0 Å². The van der Waals surface area contributed by atoms with Crippen molar-refractivity contribution in [1.29, 1.82) is 0 Å². The first-order valence-corrected chi connectivity index (χ1v) is 6.51. The maximum Gasteiger partial charge on any atom is 0.293 e. The smallest absolute Gasteiger partial charge is 0.293 e. The molecule has 0 unspecified atom stereocenters. The van der Waals surface area contributed by atoms with Crippen LogP contribution in [0.1, 0.15) is 18.6 Å². The Kier molecular flexibility index (Phi) is 4.16. The van der Waals surface area contributed by atoms with Gasteiger partial charge in [-0.25, -0.2) is 4.98 Å². The Morgan fingerprint density at radius 1 is 1.53 bits per heavy atom. The second-order valence-electron chi connectivity index (χ2n) is 3.85. The number of aromatic nitrogens is 1. The van der Waals surface area contributed by atoms with Crippen molar-refractivity contribution in [3.05, 3.63) is 50.6 Å². The van der Waals surface area contributed by atoms with Crippen LogP contribution < -0.4 is 5.32 Å². The Labute approximate surface area is 118 Å². The molecule has 19 heavy (non-hydrogen) atoms. The number of benzene rings is 1. The number of nitro groups is 1. The average molecular weight is 326 g/mol.